The van der Waals surface area contributed by atoms with Gasteiger partial charge < -0.3 is 10.2 Å². The highest BCUT2D eigenvalue weighted by Gasteiger charge is 2.22. The molecule has 1 amide bonds. The zero-order chi connectivity index (χ0) is 12.8. The molecule has 0 atom stereocenters. The average molecular weight is 303 g/mol. The molecule has 1 saturated heterocycles. The molecule has 0 spiro atoms. The Morgan fingerprint density at radius 1 is 1.47 bits per heavy atom. The summed E-state index contributed by atoms with van der Waals surface area (Å²) in [5.41, 5.74) is 1.15. The van der Waals surface area contributed by atoms with Crippen molar-refractivity contribution in [1.29, 1.82) is 0 Å². The van der Waals surface area contributed by atoms with E-state index in [4.69, 9.17) is 0 Å². The molecule has 1 aliphatic heterocycles. The van der Waals surface area contributed by atoms with E-state index in [0.717, 1.165) is 44.0 Å². The van der Waals surface area contributed by atoms with Crippen molar-refractivity contribution in [2.24, 2.45) is 5.92 Å². The number of likely N-dealkylation sites (tertiary alicyclic amines) is 1. The van der Waals surface area contributed by atoms with Crippen LogP contribution in [-0.4, -0.2) is 37.5 Å². The van der Waals surface area contributed by atoms with Gasteiger partial charge in [0.2, 0.25) is 5.91 Å². The molecule has 0 radical (unpaired) electrons. The minimum Gasteiger partial charge on any atom is -0.342 e. The summed E-state index contributed by atoms with van der Waals surface area (Å²) in [5.74, 6) is 1.09. The minimum absolute atomic E-state index is 0. The molecule has 1 fully saturated rings. The second-order valence-electron chi connectivity index (χ2n) is 5.02. The normalized spacial score (nSPS) is 16.2. The Kier molecular flexibility index (Phi) is 7.42. The number of nitrogens with zero attached hydrogens (tertiary/aromatic N) is 1. The highest BCUT2D eigenvalue weighted by atomic mass is 35.5. The molecule has 108 valence electrons. The fourth-order valence-corrected chi connectivity index (χ4v) is 3.17. The van der Waals surface area contributed by atoms with Crippen molar-refractivity contribution in [2.45, 2.75) is 25.7 Å². The van der Waals surface area contributed by atoms with Crippen LogP contribution in [0.1, 0.15) is 24.8 Å². The molecule has 3 nitrogen and oxygen atoms in total. The van der Waals surface area contributed by atoms with Gasteiger partial charge in [0.05, 0.1) is 6.42 Å². The fraction of sp³-hybridized carbons (Fsp3) is 0.643. The number of rotatable bonds is 5. The van der Waals surface area contributed by atoms with E-state index in [9.17, 15) is 4.79 Å². The van der Waals surface area contributed by atoms with E-state index >= 15 is 0 Å². The van der Waals surface area contributed by atoms with Crippen LogP contribution < -0.4 is 5.32 Å². The Labute approximate surface area is 125 Å². The maximum absolute atomic E-state index is 12.1. The van der Waals surface area contributed by atoms with Gasteiger partial charge in [0.25, 0.3) is 0 Å². The highest BCUT2D eigenvalue weighted by molar-refractivity contribution is 7.07. The van der Waals surface area contributed by atoms with Gasteiger partial charge in [0.15, 0.2) is 0 Å². The Hall–Kier alpha value is -0.580. The predicted molar refractivity (Wildman–Crippen MR) is 83.1 cm³/mol. The second-order valence-corrected chi connectivity index (χ2v) is 5.80. The number of amides is 1. The second kappa shape index (κ2) is 8.56. The number of hydrogen-bond donors (Lipinski definition) is 1. The van der Waals surface area contributed by atoms with Crippen LogP contribution in [0.5, 0.6) is 0 Å². The number of nitrogens with one attached hydrogen (secondary N) is 1. The molecule has 1 N–H and O–H groups in total. The van der Waals surface area contributed by atoms with Gasteiger partial charge in [0.1, 0.15) is 0 Å². The summed E-state index contributed by atoms with van der Waals surface area (Å²) in [6.07, 6.45) is 4.14. The molecule has 5 heteroatoms. The Morgan fingerprint density at radius 2 is 2.21 bits per heavy atom. The largest absolute Gasteiger partial charge is 0.342 e. The summed E-state index contributed by atoms with van der Waals surface area (Å²) in [6, 6.07) is 2.04. The van der Waals surface area contributed by atoms with Crippen LogP contribution in [0.3, 0.4) is 0 Å². The molecule has 0 bridgehead atoms. The molecule has 0 saturated carbocycles. The van der Waals surface area contributed by atoms with Crippen LogP contribution in [0.25, 0.3) is 0 Å². The van der Waals surface area contributed by atoms with Gasteiger partial charge in [-0.25, -0.2) is 0 Å². The van der Waals surface area contributed by atoms with Crippen LogP contribution in [0.2, 0.25) is 0 Å². The smallest absolute Gasteiger partial charge is 0.227 e. The fourth-order valence-electron chi connectivity index (χ4n) is 2.50. The monoisotopic (exact) mass is 302 g/mol. The Balaban J connectivity index is 0.00000180. The number of hydrogen-bond acceptors (Lipinski definition) is 3. The van der Waals surface area contributed by atoms with E-state index < -0.39 is 0 Å². The number of piperidine rings is 1. The van der Waals surface area contributed by atoms with E-state index in [1.807, 2.05) is 23.4 Å². The van der Waals surface area contributed by atoms with Crippen molar-refractivity contribution >= 4 is 29.7 Å². The topological polar surface area (TPSA) is 32.3 Å². The van der Waals surface area contributed by atoms with Crippen molar-refractivity contribution in [1.82, 2.24) is 10.2 Å². The quantitative estimate of drug-likeness (QED) is 0.906. The Morgan fingerprint density at radius 3 is 2.79 bits per heavy atom. The molecule has 2 rings (SSSR count). The van der Waals surface area contributed by atoms with E-state index in [-0.39, 0.29) is 12.4 Å². The summed E-state index contributed by atoms with van der Waals surface area (Å²) in [5, 5.41) is 7.30. The van der Waals surface area contributed by atoms with E-state index in [0.29, 0.717) is 12.3 Å². The molecular weight excluding hydrogens is 280 g/mol. The number of halogens is 1. The van der Waals surface area contributed by atoms with Gasteiger partial charge in [-0.05, 0) is 61.2 Å². The number of thiophene rings is 1. The van der Waals surface area contributed by atoms with Crippen molar-refractivity contribution in [3.8, 4) is 0 Å². The van der Waals surface area contributed by atoms with Gasteiger partial charge in [-0.15, -0.1) is 12.4 Å². The zero-order valence-corrected chi connectivity index (χ0v) is 13.1. The first-order valence-electron chi connectivity index (χ1n) is 6.73. The first-order chi connectivity index (χ1) is 8.79. The SMILES string of the molecule is CNCCC1CCN(C(=O)Cc2ccsc2)CC1.Cl. The number of carbonyl (C=O) groups excluding carboxylic acids is 1. The van der Waals surface area contributed by atoms with Gasteiger partial charge in [-0.3, -0.25) is 4.79 Å². The molecule has 1 aliphatic rings. The Bertz CT molecular complexity index is 362. The first kappa shape index (κ1) is 16.5. The maximum atomic E-state index is 12.1. The third-order valence-electron chi connectivity index (χ3n) is 3.71. The summed E-state index contributed by atoms with van der Waals surface area (Å²) in [4.78, 5) is 14.1. The van der Waals surface area contributed by atoms with Crippen molar-refractivity contribution in [2.75, 3.05) is 26.7 Å². The lowest BCUT2D eigenvalue weighted by molar-refractivity contribution is -0.131. The lowest BCUT2D eigenvalue weighted by Gasteiger charge is -2.32. The van der Waals surface area contributed by atoms with Gasteiger partial charge in [-0.1, -0.05) is 0 Å². The minimum atomic E-state index is 0. The summed E-state index contributed by atoms with van der Waals surface area (Å²) in [6.45, 7) is 2.97. The lowest BCUT2D eigenvalue weighted by Crippen LogP contribution is -2.39. The van der Waals surface area contributed by atoms with Crippen LogP contribution in [0.4, 0.5) is 0 Å². The first-order valence-corrected chi connectivity index (χ1v) is 7.67. The number of carbonyl (C=O) groups is 1. The summed E-state index contributed by atoms with van der Waals surface area (Å²) in [7, 11) is 2.00. The molecule has 0 unspecified atom stereocenters. The molecule has 1 aromatic rings. The van der Waals surface area contributed by atoms with Gasteiger partial charge in [0, 0.05) is 13.1 Å². The molecular formula is C14H23ClN2OS. The predicted octanol–water partition coefficient (Wildman–Crippen LogP) is 2.56. The molecule has 0 aromatic carbocycles. The average Bonchev–Trinajstić information content (AvgIpc) is 2.89. The molecule has 0 aliphatic carbocycles. The standard InChI is InChI=1S/C14H22N2OS.ClH/c1-15-6-2-12-3-7-16(8-4-12)14(17)10-13-5-9-18-11-13;/h5,9,11-12,15H,2-4,6-8,10H2,1H3;1H. The van der Waals surface area contributed by atoms with E-state index in [1.165, 1.54) is 6.42 Å². The lowest BCUT2D eigenvalue weighted by atomic mass is 9.93. The maximum Gasteiger partial charge on any atom is 0.227 e. The van der Waals surface area contributed by atoms with Crippen molar-refractivity contribution < 1.29 is 4.79 Å². The molecule has 1 aromatic heterocycles. The third-order valence-corrected chi connectivity index (χ3v) is 4.44. The molecule has 19 heavy (non-hydrogen) atoms. The van der Waals surface area contributed by atoms with E-state index in [1.54, 1.807) is 11.3 Å². The van der Waals surface area contributed by atoms with Crippen LogP contribution >= 0.6 is 23.7 Å². The highest BCUT2D eigenvalue weighted by Crippen LogP contribution is 2.20. The third kappa shape index (κ3) is 5.13. The van der Waals surface area contributed by atoms with Crippen molar-refractivity contribution in [3.05, 3.63) is 22.4 Å². The summed E-state index contributed by atoms with van der Waals surface area (Å²) >= 11 is 1.66. The van der Waals surface area contributed by atoms with Crippen LogP contribution in [0.15, 0.2) is 16.8 Å². The van der Waals surface area contributed by atoms with Gasteiger partial charge in [-0.2, -0.15) is 11.3 Å². The van der Waals surface area contributed by atoms with Crippen molar-refractivity contribution in [3.63, 3.8) is 0 Å². The van der Waals surface area contributed by atoms with Crippen LogP contribution in [-0.2, 0) is 11.2 Å². The van der Waals surface area contributed by atoms with Gasteiger partial charge >= 0.3 is 0 Å². The zero-order valence-electron chi connectivity index (χ0n) is 11.4. The summed E-state index contributed by atoms with van der Waals surface area (Å²) < 4.78 is 0. The van der Waals surface area contributed by atoms with Crippen LogP contribution in [0, 0.1) is 5.92 Å². The molecule has 2 heterocycles. The van der Waals surface area contributed by atoms with E-state index in [2.05, 4.69) is 10.7 Å².